The zero-order chi connectivity index (χ0) is 15.0. The number of hydrogen-bond donors (Lipinski definition) is 1. The topological polar surface area (TPSA) is 72.6 Å². The van der Waals surface area contributed by atoms with Crippen LogP contribution < -0.4 is 10.6 Å². The highest BCUT2D eigenvalue weighted by Crippen LogP contribution is 2.36. The lowest BCUT2D eigenvalue weighted by molar-refractivity contribution is -0.00863. The largest absolute Gasteiger partial charge is 0.396 e. The molecule has 1 aliphatic heterocycles. The average Bonchev–Trinajstić information content (AvgIpc) is 2.46. The number of fused-ring (bicyclic) bond motifs is 1. The summed E-state index contributed by atoms with van der Waals surface area (Å²) in [5, 5.41) is 0. The van der Waals surface area contributed by atoms with E-state index in [0.717, 1.165) is 25.1 Å². The average molecular weight is 310 g/mol. The minimum absolute atomic E-state index is 0.221. The number of hydrogen-bond acceptors (Lipinski definition) is 5. The Balaban J connectivity index is 1.99. The van der Waals surface area contributed by atoms with Gasteiger partial charge in [-0.25, -0.2) is 8.42 Å². The number of morpholine rings is 1. The van der Waals surface area contributed by atoms with Crippen LogP contribution in [0.3, 0.4) is 0 Å². The SMILES string of the molecule is CS(=O)(=O)c1cccc(N2CCOC3CCCCC32)c1N. The van der Waals surface area contributed by atoms with Crippen LogP contribution in [0.1, 0.15) is 25.7 Å². The molecular formula is C15H22N2O3S. The van der Waals surface area contributed by atoms with Gasteiger partial charge in [-0.15, -0.1) is 0 Å². The van der Waals surface area contributed by atoms with Crippen LogP contribution in [0.25, 0.3) is 0 Å². The highest BCUT2D eigenvalue weighted by Gasteiger charge is 2.35. The fourth-order valence-electron chi connectivity index (χ4n) is 3.50. The number of nitrogens with zero attached hydrogens (tertiary/aromatic N) is 1. The van der Waals surface area contributed by atoms with Gasteiger partial charge in [0.15, 0.2) is 9.84 Å². The van der Waals surface area contributed by atoms with E-state index in [9.17, 15) is 8.42 Å². The molecule has 0 amide bonds. The molecule has 0 spiro atoms. The Morgan fingerprint density at radius 1 is 1.29 bits per heavy atom. The van der Waals surface area contributed by atoms with E-state index < -0.39 is 9.84 Å². The molecule has 1 saturated carbocycles. The number of nitrogens with two attached hydrogens (primary N) is 1. The van der Waals surface area contributed by atoms with Crippen LogP contribution in [-0.2, 0) is 14.6 Å². The number of rotatable bonds is 2. The quantitative estimate of drug-likeness (QED) is 0.844. The Kier molecular flexibility index (Phi) is 3.84. The van der Waals surface area contributed by atoms with E-state index in [1.165, 1.54) is 19.1 Å². The molecular weight excluding hydrogens is 288 g/mol. The van der Waals surface area contributed by atoms with Crippen molar-refractivity contribution >= 4 is 21.2 Å². The van der Waals surface area contributed by atoms with Crippen molar-refractivity contribution in [3.8, 4) is 0 Å². The Morgan fingerprint density at radius 3 is 2.81 bits per heavy atom. The fourth-order valence-corrected chi connectivity index (χ4v) is 4.33. The molecule has 2 atom stereocenters. The molecule has 2 N–H and O–H groups in total. The smallest absolute Gasteiger partial charge is 0.177 e. The molecule has 2 fully saturated rings. The monoisotopic (exact) mass is 310 g/mol. The van der Waals surface area contributed by atoms with Gasteiger partial charge in [0.25, 0.3) is 0 Å². The zero-order valence-corrected chi connectivity index (χ0v) is 13.1. The third-order valence-electron chi connectivity index (χ3n) is 4.48. The second-order valence-electron chi connectivity index (χ2n) is 5.92. The molecule has 1 saturated heterocycles. The van der Waals surface area contributed by atoms with Gasteiger partial charge in [-0.3, -0.25) is 0 Å². The standard InChI is InChI=1S/C15H22N2O3S/c1-21(18,19)14-8-4-6-12(15(14)16)17-9-10-20-13-7-3-2-5-11(13)17/h4,6,8,11,13H,2-3,5,7,9-10,16H2,1H3. The zero-order valence-electron chi connectivity index (χ0n) is 12.3. The van der Waals surface area contributed by atoms with E-state index in [1.807, 2.05) is 6.07 Å². The normalized spacial score (nSPS) is 26.4. The van der Waals surface area contributed by atoms with Gasteiger partial charge >= 0.3 is 0 Å². The van der Waals surface area contributed by atoms with Crippen molar-refractivity contribution in [3.63, 3.8) is 0 Å². The van der Waals surface area contributed by atoms with E-state index >= 15 is 0 Å². The third kappa shape index (κ3) is 2.74. The molecule has 0 radical (unpaired) electrons. The van der Waals surface area contributed by atoms with Crippen LogP contribution in [-0.4, -0.2) is 40.0 Å². The molecule has 2 unspecified atom stereocenters. The van der Waals surface area contributed by atoms with E-state index in [0.29, 0.717) is 18.3 Å². The maximum absolute atomic E-state index is 11.8. The molecule has 1 aromatic rings. The van der Waals surface area contributed by atoms with Crippen molar-refractivity contribution in [3.05, 3.63) is 18.2 Å². The molecule has 1 heterocycles. The molecule has 0 bridgehead atoms. The van der Waals surface area contributed by atoms with Gasteiger partial charge < -0.3 is 15.4 Å². The number of para-hydroxylation sites is 1. The number of sulfone groups is 1. The highest BCUT2D eigenvalue weighted by atomic mass is 32.2. The number of nitrogen functional groups attached to an aromatic ring is 1. The summed E-state index contributed by atoms with van der Waals surface area (Å²) >= 11 is 0. The van der Waals surface area contributed by atoms with Crippen molar-refractivity contribution in [1.29, 1.82) is 0 Å². The summed E-state index contributed by atoms with van der Waals surface area (Å²) in [6, 6.07) is 5.58. The highest BCUT2D eigenvalue weighted by molar-refractivity contribution is 7.90. The lowest BCUT2D eigenvalue weighted by Crippen LogP contribution is -2.53. The summed E-state index contributed by atoms with van der Waals surface area (Å²) in [6.45, 7) is 1.43. The van der Waals surface area contributed by atoms with Gasteiger partial charge in [-0.05, 0) is 25.0 Å². The second-order valence-corrected chi connectivity index (χ2v) is 7.90. The summed E-state index contributed by atoms with van der Waals surface area (Å²) in [4.78, 5) is 2.47. The fraction of sp³-hybridized carbons (Fsp3) is 0.600. The van der Waals surface area contributed by atoms with E-state index in [4.69, 9.17) is 10.5 Å². The maximum Gasteiger partial charge on any atom is 0.177 e. The van der Waals surface area contributed by atoms with Crippen molar-refractivity contribution in [2.45, 2.75) is 42.7 Å². The van der Waals surface area contributed by atoms with Crippen LogP contribution in [0, 0.1) is 0 Å². The van der Waals surface area contributed by atoms with Crippen LogP contribution in [0.2, 0.25) is 0 Å². The summed E-state index contributed by atoms with van der Waals surface area (Å²) in [5.74, 6) is 0. The van der Waals surface area contributed by atoms with Crippen molar-refractivity contribution < 1.29 is 13.2 Å². The van der Waals surface area contributed by atoms with Crippen LogP contribution in [0.5, 0.6) is 0 Å². The van der Waals surface area contributed by atoms with E-state index in [-0.39, 0.29) is 11.0 Å². The summed E-state index contributed by atoms with van der Waals surface area (Å²) in [5.41, 5.74) is 7.36. The van der Waals surface area contributed by atoms with Gasteiger partial charge in [-0.2, -0.15) is 0 Å². The first-order valence-corrected chi connectivity index (χ1v) is 9.34. The second kappa shape index (κ2) is 5.50. The molecule has 1 aromatic carbocycles. The van der Waals surface area contributed by atoms with Gasteiger partial charge in [-0.1, -0.05) is 18.9 Å². The molecule has 3 rings (SSSR count). The first-order valence-electron chi connectivity index (χ1n) is 7.45. The maximum atomic E-state index is 11.8. The van der Waals surface area contributed by atoms with Crippen molar-refractivity contribution in [2.75, 3.05) is 30.0 Å². The molecule has 1 aliphatic carbocycles. The van der Waals surface area contributed by atoms with E-state index in [1.54, 1.807) is 12.1 Å². The first-order chi connectivity index (χ1) is 9.98. The minimum atomic E-state index is -3.31. The van der Waals surface area contributed by atoms with Gasteiger partial charge in [0.1, 0.15) is 0 Å². The molecule has 5 nitrogen and oxygen atoms in total. The van der Waals surface area contributed by atoms with Crippen LogP contribution in [0.4, 0.5) is 11.4 Å². The number of benzene rings is 1. The number of ether oxygens (including phenoxy) is 1. The molecule has 2 aliphatic rings. The van der Waals surface area contributed by atoms with Gasteiger partial charge in [0.05, 0.1) is 35.0 Å². The molecule has 6 heteroatoms. The minimum Gasteiger partial charge on any atom is -0.396 e. The van der Waals surface area contributed by atoms with Crippen molar-refractivity contribution in [2.24, 2.45) is 0 Å². The van der Waals surface area contributed by atoms with E-state index in [2.05, 4.69) is 4.90 Å². The summed E-state index contributed by atoms with van der Waals surface area (Å²) < 4.78 is 29.6. The third-order valence-corrected chi connectivity index (χ3v) is 5.64. The Bertz CT molecular complexity index is 628. The Morgan fingerprint density at radius 2 is 2.05 bits per heavy atom. The summed E-state index contributed by atoms with van der Waals surface area (Å²) in [7, 11) is -3.31. The van der Waals surface area contributed by atoms with Crippen LogP contribution in [0.15, 0.2) is 23.1 Å². The molecule has 21 heavy (non-hydrogen) atoms. The Hall–Kier alpha value is -1.27. The lowest BCUT2D eigenvalue weighted by atomic mass is 9.89. The van der Waals surface area contributed by atoms with Crippen molar-refractivity contribution in [1.82, 2.24) is 0 Å². The van der Waals surface area contributed by atoms with Crippen LogP contribution >= 0.6 is 0 Å². The molecule has 116 valence electrons. The summed E-state index contributed by atoms with van der Waals surface area (Å²) in [6.07, 6.45) is 5.99. The Labute approximate surface area is 126 Å². The molecule has 0 aromatic heterocycles. The predicted octanol–water partition coefficient (Wildman–Crippen LogP) is 1.82. The first kappa shape index (κ1) is 14.7. The predicted molar refractivity (Wildman–Crippen MR) is 83.3 cm³/mol. The lowest BCUT2D eigenvalue weighted by Gasteiger charge is -2.45. The number of anilines is 2. The van der Waals surface area contributed by atoms with Gasteiger partial charge in [0.2, 0.25) is 0 Å². The van der Waals surface area contributed by atoms with Gasteiger partial charge in [0, 0.05) is 12.8 Å².